The summed E-state index contributed by atoms with van der Waals surface area (Å²) in [7, 11) is 1.60. The number of pyridine rings is 1. The minimum absolute atomic E-state index is 0.0625. The maximum absolute atomic E-state index is 12.7. The number of rotatable bonds is 8. The van der Waals surface area contributed by atoms with Crippen molar-refractivity contribution < 1.29 is 19.0 Å². The Bertz CT molecular complexity index is 1460. The van der Waals surface area contributed by atoms with E-state index >= 15 is 0 Å². The molecule has 0 fully saturated rings. The third-order valence-electron chi connectivity index (χ3n) is 5.28. The molecule has 0 aliphatic carbocycles. The number of ether oxygens (including phenoxy) is 3. The number of amides is 1. The summed E-state index contributed by atoms with van der Waals surface area (Å²) in [4.78, 5) is 20.9. The molecule has 9 nitrogen and oxygen atoms in total. The molecular weight excluding hydrogens is 514 g/mol. The van der Waals surface area contributed by atoms with E-state index in [0.717, 1.165) is 5.56 Å². The molecule has 1 aromatic heterocycles. The van der Waals surface area contributed by atoms with Crippen LogP contribution in [-0.4, -0.2) is 52.3 Å². The highest BCUT2D eigenvalue weighted by atomic mass is 35.5. The van der Waals surface area contributed by atoms with Crippen LogP contribution in [0.2, 0.25) is 5.02 Å². The van der Waals surface area contributed by atoms with E-state index in [0.29, 0.717) is 44.7 Å². The molecule has 0 saturated carbocycles. The molecule has 0 bridgehead atoms. The number of fused-ring (bicyclic) bond motifs is 1. The highest BCUT2D eigenvalue weighted by Gasteiger charge is 2.36. The van der Waals surface area contributed by atoms with Crippen LogP contribution < -0.4 is 14.2 Å². The third-order valence-corrected chi connectivity index (χ3v) is 6.53. The molecule has 186 valence electrons. The molecule has 2 aliphatic rings. The molecule has 3 aromatic rings. The van der Waals surface area contributed by atoms with E-state index < -0.39 is 5.91 Å². The van der Waals surface area contributed by atoms with Crippen LogP contribution in [0.4, 0.5) is 0 Å². The lowest BCUT2D eigenvalue weighted by Gasteiger charge is -2.20. The van der Waals surface area contributed by atoms with E-state index in [9.17, 15) is 4.79 Å². The summed E-state index contributed by atoms with van der Waals surface area (Å²) >= 11 is 7.63. The molecule has 0 atom stereocenters. The Morgan fingerprint density at radius 1 is 1.08 bits per heavy atom. The standard InChI is InChI=1S/C26H20ClN5O4S/c1-34-18-5-2-6-19(14-18)35-10-11-36-22-8-7-16(13-21(22)27)12-20-23(28)32-26(30-24(20)33)37-25(31-32)17-4-3-9-29-15-17/h2-9,12-15,28H,10-11H2,1H3. The Balaban J connectivity index is 1.24. The average molecular weight is 534 g/mol. The number of benzene rings is 2. The van der Waals surface area contributed by atoms with Gasteiger partial charge in [0, 0.05) is 24.0 Å². The normalized spacial score (nSPS) is 15.8. The van der Waals surface area contributed by atoms with Crippen LogP contribution >= 0.6 is 23.4 Å². The number of carbonyl (C=O) groups is 1. The summed E-state index contributed by atoms with van der Waals surface area (Å²) in [6.45, 7) is 0.596. The van der Waals surface area contributed by atoms with E-state index in [-0.39, 0.29) is 18.0 Å². The van der Waals surface area contributed by atoms with E-state index in [1.54, 1.807) is 55.9 Å². The molecule has 2 aromatic carbocycles. The SMILES string of the molecule is COc1cccc(OCCOc2ccc(C=C3C(=N)N4N=C(c5cccnc5)SC4=NC3=O)cc2Cl)c1. The first kappa shape index (κ1) is 24.5. The number of nitrogens with zero attached hydrogens (tertiary/aromatic N) is 4. The van der Waals surface area contributed by atoms with Crippen LogP contribution in [0.5, 0.6) is 17.2 Å². The molecule has 2 aliphatic heterocycles. The van der Waals surface area contributed by atoms with Gasteiger partial charge in [0.2, 0.25) is 5.17 Å². The van der Waals surface area contributed by atoms with Crippen molar-refractivity contribution in [3.05, 3.63) is 88.7 Å². The Morgan fingerprint density at radius 2 is 1.92 bits per heavy atom. The number of hydrazone groups is 1. The van der Waals surface area contributed by atoms with E-state index in [2.05, 4.69) is 15.1 Å². The largest absolute Gasteiger partial charge is 0.497 e. The molecule has 0 radical (unpaired) electrons. The molecular formula is C26H20ClN5O4S. The van der Waals surface area contributed by atoms with Crippen molar-refractivity contribution in [2.45, 2.75) is 0 Å². The summed E-state index contributed by atoms with van der Waals surface area (Å²) < 4.78 is 16.6. The van der Waals surface area contributed by atoms with Crippen LogP contribution in [0.25, 0.3) is 6.08 Å². The molecule has 37 heavy (non-hydrogen) atoms. The summed E-state index contributed by atoms with van der Waals surface area (Å²) in [5.41, 5.74) is 1.52. The summed E-state index contributed by atoms with van der Waals surface area (Å²) in [5.74, 6) is 1.28. The maximum Gasteiger partial charge on any atom is 0.283 e. The zero-order chi connectivity index (χ0) is 25.8. The number of aliphatic imine (C=N–C) groups is 1. The monoisotopic (exact) mass is 533 g/mol. The minimum atomic E-state index is -0.516. The van der Waals surface area contributed by atoms with E-state index in [1.165, 1.54) is 16.8 Å². The molecule has 1 N–H and O–H groups in total. The summed E-state index contributed by atoms with van der Waals surface area (Å²) in [6, 6.07) is 16.1. The topological polar surface area (TPSA) is 109 Å². The lowest BCUT2D eigenvalue weighted by Crippen LogP contribution is -2.35. The number of halogens is 1. The van der Waals surface area contributed by atoms with Gasteiger partial charge in [-0.15, -0.1) is 0 Å². The van der Waals surface area contributed by atoms with Gasteiger partial charge in [-0.25, -0.2) is 0 Å². The molecule has 0 unspecified atom stereocenters. The predicted molar refractivity (Wildman–Crippen MR) is 144 cm³/mol. The number of hydrogen-bond acceptors (Lipinski definition) is 8. The second-order valence-electron chi connectivity index (χ2n) is 7.73. The highest BCUT2D eigenvalue weighted by molar-refractivity contribution is 8.27. The quantitative estimate of drug-likeness (QED) is 0.325. The predicted octanol–water partition coefficient (Wildman–Crippen LogP) is 4.87. The summed E-state index contributed by atoms with van der Waals surface area (Å²) in [6.07, 6.45) is 4.90. The van der Waals surface area contributed by atoms with Crippen molar-refractivity contribution >= 4 is 51.4 Å². The Morgan fingerprint density at radius 3 is 2.70 bits per heavy atom. The van der Waals surface area contributed by atoms with Crippen LogP contribution in [0.1, 0.15) is 11.1 Å². The first-order chi connectivity index (χ1) is 18.0. The molecule has 0 saturated heterocycles. The van der Waals surface area contributed by atoms with Crippen molar-refractivity contribution in [1.82, 2.24) is 9.99 Å². The fourth-order valence-electron chi connectivity index (χ4n) is 3.49. The maximum atomic E-state index is 12.7. The van der Waals surface area contributed by atoms with Gasteiger partial charge in [0.25, 0.3) is 5.91 Å². The van der Waals surface area contributed by atoms with Crippen molar-refractivity contribution in [3.8, 4) is 17.2 Å². The van der Waals surface area contributed by atoms with Gasteiger partial charge in [0.05, 0.1) is 17.7 Å². The van der Waals surface area contributed by atoms with Gasteiger partial charge < -0.3 is 14.2 Å². The van der Waals surface area contributed by atoms with Crippen molar-refractivity contribution in [1.29, 1.82) is 5.41 Å². The molecule has 11 heteroatoms. The van der Waals surface area contributed by atoms with Crippen LogP contribution in [0.3, 0.4) is 0 Å². The Labute approximate surface area is 221 Å². The smallest absolute Gasteiger partial charge is 0.283 e. The highest BCUT2D eigenvalue weighted by Crippen LogP contribution is 2.32. The number of methoxy groups -OCH3 is 1. The second kappa shape index (κ2) is 10.9. The van der Waals surface area contributed by atoms with Crippen LogP contribution in [-0.2, 0) is 4.79 Å². The molecule has 3 heterocycles. The summed E-state index contributed by atoms with van der Waals surface area (Å²) in [5, 5.41) is 15.7. The first-order valence-electron chi connectivity index (χ1n) is 11.1. The number of carbonyl (C=O) groups excluding carboxylic acids is 1. The lowest BCUT2D eigenvalue weighted by atomic mass is 10.1. The van der Waals surface area contributed by atoms with Crippen LogP contribution in [0, 0.1) is 5.41 Å². The Kier molecular flexibility index (Phi) is 7.20. The third kappa shape index (κ3) is 5.50. The fourth-order valence-corrected chi connectivity index (χ4v) is 4.62. The van der Waals surface area contributed by atoms with E-state index in [1.807, 2.05) is 24.3 Å². The number of nitrogens with one attached hydrogen (secondary N) is 1. The number of hydrogen-bond donors (Lipinski definition) is 1. The first-order valence-corrected chi connectivity index (χ1v) is 12.3. The van der Waals surface area contributed by atoms with E-state index in [4.69, 9.17) is 31.2 Å². The number of thioether (sulfide) groups is 1. The average Bonchev–Trinajstić information content (AvgIpc) is 3.35. The second-order valence-corrected chi connectivity index (χ2v) is 9.10. The minimum Gasteiger partial charge on any atom is -0.497 e. The van der Waals surface area contributed by atoms with Crippen molar-refractivity contribution in [2.24, 2.45) is 10.1 Å². The number of aromatic nitrogens is 1. The number of amidine groups is 2. The van der Waals surface area contributed by atoms with Gasteiger partial charge in [-0.2, -0.15) is 15.1 Å². The van der Waals surface area contributed by atoms with Gasteiger partial charge in [0.1, 0.15) is 35.5 Å². The van der Waals surface area contributed by atoms with Crippen LogP contribution in [0.15, 0.2) is 82.7 Å². The Hall–Kier alpha value is -4.15. The molecule has 5 rings (SSSR count). The van der Waals surface area contributed by atoms with Crippen molar-refractivity contribution in [3.63, 3.8) is 0 Å². The molecule has 1 amide bonds. The zero-order valence-corrected chi connectivity index (χ0v) is 21.1. The fraction of sp³-hybridized carbons (Fsp3) is 0.115. The van der Waals surface area contributed by atoms with Gasteiger partial charge in [-0.3, -0.25) is 15.2 Å². The zero-order valence-electron chi connectivity index (χ0n) is 19.6. The van der Waals surface area contributed by atoms with Gasteiger partial charge in [0.15, 0.2) is 5.84 Å². The van der Waals surface area contributed by atoms with Crippen molar-refractivity contribution in [2.75, 3.05) is 20.3 Å². The lowest BCUT2D eigenvalue weighted by molar-refractivity contribution is -0.114. The van der Waals surface area contributed by atoms with Gasteiger partial charge in [-0.05, 0) is 59.8 Å². The van der Waals surface area contributed by atoms with Gasteiger partial charge in [-0.1, -0.05) is 23.7 Å². The molecule has 0 spiro atoms. The van der Waals surface area contributed by atoms with Gasteiger partial charge >= 0.3 is 0 Å².